The van der Waals surface area contributed by atoms with Gasteiger partial charge in [-0.25, -0.2) is 5.43 Å². The zero-order valence-corrected chi connectivity index (χ0v) is 14.6. The predicted octanol–water partition coefficient (Wildman–Crippen LogP) is 3.06. The van der Waals surface area contributed by atoms with Crippen LogP contribution in [0, 0.1) is 5.92 Å². The van der Waals surface area contributed by atoms with Crippen LogP contribution in [-0.4, -0.2) is 30.8 Å². The van der Waals surface area contributed by atoms with E-state index in [0.29, 0.717) is 28.1 Å². The zero-order chi connectivity index (χ0) is 17.4. The van der Waals surface area contributed by atoms with E-state index in [1.165, 1.54) is 6.07 Å². The van der Waals surface area contributed by atoms with Crippen LogP contribution < -0.4 is 10.2 Å². The quantitative estimate of drug-likeness (QED) is 0.460. The van der Waals surface area contributed by atoms with Crippen LogP contribution in [-0.2, 0) is 14.3 Å². The Labute approximate surface area is 144 Å². The van der Waals surface area contributed by atoms with Gasteiger partial charge in [-0.15, -0.1) is 0 Å². The molecule has 0 saturated heterocycles. The van der Waals surface area contributed by atoms with Gasteiger partial charge in [0.2, 0.25) is 0 Å². The Morgan fingerprint density at radius 2 is 2.04 bits per heavy atom. The summed E-state index contributed by atoms with van der Waals surface area (Å²) >= 11 is 11.7. The van der Waals surface area contributed by atoms with Crippen molar-refractivity contribution in [3.05, 3.63) is 28.2 Å². The van der Waals surface area contributed by atoms with Crippen molar-refractivity contribution in [1.82, 2.24) is 5.43 Å². The molecule has 0 aliphatic carbocycles. The fourth-order valence-corrected chi connectivity index (χ4v) is 1.92. The highest BCUT2D eigenvalue weighted by Crippen LogP contribution is 2.27. The molecule has 8 heteroatoms. The molecule has 0 aromatic heterocycles. The molecule has 0 saturated carbocycles. The van der Waals surface area contributed by atoms with Crippen LogP contribution in [0.25, 0.3) is 0 Å². The summed E-state index contributed by atoms with van der Waals surface area (Å²) < 4.78 is 10.1. The van der Waals surface area contributed by atoms with Crippen molar-refractivity contribution < 1.29 is 19.1 Å². The van der Waals surface area contributed by atoms with Gasteiger partial charge in [-0.3, -0.25) is 9.59 Å². The summed E-state index contributed by atoms with van der Waals surface area (Å²) in [7, 11) is 0. The first-order valence-corrected chi connectivity index (χ1v) is 7.68. The maximum atomic E-state index is 11.7. The van der Waals surface area contributed by atoms with Gasteiger partial charge < -0.3 is 9.47 Å². The SMILES string of the molecule is CCOC(=O)[C@H](C)C(C)=NNC(=O)COc1ccc(Cl)cc1Cl. The summed E-state index contributed by atoms with van der Waals surface area (Å²) in [6.45, 7) is 5.01. The average molecular weight is 361 g/mol. The van der Waals surface area contributed by atoms with Crippen molar-refractivity contribution in [2.24, 2.45) is 11.0 Å². The Bertz CT molecular complexity index is 605. The van der Waals surface area contributed by atoms with Crippen LogP contribution >= 0.6 is 23.2 Å². The van der Waals surface area contributed by atoms with Crippen LogP contribution in [0.5, 0.6) is 5.75 Å². The number of benzene rings is 1. The number of carbonyl (C=O) groups is 2. The number of rotatable bonds is 7. The molecule has 1 N–H and O–H groups in total. The van der Waals surface area contributed by atoms with Gasteiger partial charge in [0.05, 0.1) is 17.5 Å². The van der Waals surface area contributed by atoms with Gasteiger partial charge in [0.1, 0.15) is 5.75 Å². The summed E-state index contributed by atoms with van der Waals surface area (Å²) in [6.07, 6.45) is 0. The van der Waals surface area contributed by atoms with E-state index in [4.69, 9.17) is 32.7 Å². The topological polar surface area (TPSA) is 77.0 Å². The number of carbonyl (C=O) groups excluding carboxylic acids is 2. The first kappa shape index (κ1) is 19.3. The van der Waals surface area contributed by atoms with Crippen molar-refractivity contribution >= 4 is 40.8 Å². The van der Waals surface area contributed by atoms with E-state index in [9.17, 15) is 9.59 Å². The number of hydrogen-bond acceptors (Lipinski definition) is 5. The number of amides is 1. The van der Waals surface area contributed by atoms with Crippen LogP contribution in [0.3, 0.4) is 0 Å². The minimum atomic E-state index is -0.540. The van der Waals surface area contributed by atoms with Gasteiger partial charge in [0.15, 0.2) is 6.61 Å². The molecule has 1 amide bonds. The molecule has 126 valence electrons. The zero-order valence-electron chi connectivity index (χ0n) is 13.1. The lowest BCUT2D eigenvalue weighted by Crippen LogP contribution is -2.28. The van der Waals surface area contributed by atoms with E-state index in [0.717, 1.165) is 0 Å². The van der Waals surface area contributed by atoms with E-state index in [-0.39, 0.29) is 6.61 Å². The Morgan fingerprint density at radius 3 is 2.65 bits per heavy atom. The average Bonchev–Trinajstić information content (AvgIpc) is 2.51. The van der Waals surface area contributed by atoms with Gasteiger partial charge in [0.25, 0.3) is 5.91 Å². The maximum absolute atomic E-state index is 11.7. The summed E-state index contributed by atoms with van der Waals surface area (Å²) in [6, 6.07) is 4.68. The number of ether oxygens (including phenoxy) is 2. The number of hydrogen-bond donors (Lipinski definition) is 1. The third kappa shape index (κ3) is 6.46. The van der Waals surface area contributed by atoms with E-state index in [1.807, 2.05) is 0 Å². The molecule has 0 heterocycles. The second kappa shape index (κ2) is 9.37. The molecule has 1 aromatic rings. The molecule has 1 atom stereocenters. The molecule has 0 aliphatic rings. The minimum Gasteiger partial charge on any atom is -0.482 e. The first-order chi connectivity index (χ1) is 10.8. The van der Waals surface area contributed by atoms with Crippen LogP contribution in [0.15, 0.2) is 23.3 Å². The highest BCUT2D eigenvalue weighted by molar-refractivity contribution is 6.35. The normalized spacial score (nSPS) is 12.5. The molecule has 23 heavy (non-hydrogen) atoms. The molecule has 0 spiro atoms. The van der Waals surface area contributed by atoms with Gasteiger partial charge in [0, 0.05) is 10.7 Å². The number of halogens is 2. The molecule has 0 aliphatic heterocycles. The van der Waals surface area contributed by atoms with Crippen LogP contribution in [0.1, 0.15) is 20.8 Å². The van der Waals surface area contributed by atoms with Gasteiger partial charge in [-0.1, -0.05) is 23.2 Å². The van der Waals surface area contributed by atoms with Crippen molar-refractivity contribution in [3.63, 3.8) is 0 Å². The lowest BCUT2D eigenvalue weighted by Gasteiger charge is -2.10. The van der Waals surface area contributed by atoms with E-state index >= 15 is 0 Å². The first-order valence-electron chi connectivity index (χ1n) is 6.92. The molecule has 6 nitrogen and oxygen atoms in total. The monoisotopic (exact) mass is 360 g/mol. The summed E-state index contributed by atoms with van der Waals surface area (Å²) in [5.41, 5.74) is 2.74. The van der Waals surface area contributed by atoms with Crippen molar-refractivity contribution in [2.75, 3.05) is 13.2 Å². The Balaban J connectivity index is 2.50. The molecule has 0 fully saturated rings. The van der Waals surface area contributed by atoms with E-state index in [2.05, 4.69) is 10.5 Å². The highest BCUT2D eigenvalue weighted by Gasteiger charge is 2.17. The standard InChI is InChI=1S/C15H18Cl2N2O4/c1-4-22-15(21)9(2)10(3)18-19-14(20)8-23-13-6-5-11(16)7-12(13)17/h5-7,9H,4,8H2,1-3H3,(H,19,20)/t9-/m1/s1. The van der Waals surface area contributed by atoms with Gasteiger partial charge in [-0.05, 0) is 39.0 Å². The third-order valence-corrected chi connectivity index (χ3v) is 3.41. The number of hydrazone groups is 1. The number of nitrogens with one attached hydrogen (secondary N) is 1. The predicted molar refractivity (Wildman–Crippen MR) is 89.0 cm³/mol. The highest BCUT2D eigenvalue weighted by atomic mass is 35.5. The second-order valence-corrected chi connectivity index (χ2v) is 5.47. The van der Waals surface area contributed by atoms with Crippen molar-refractivity contribution in [1.29, 1.82) is 0 Å². The fourth-order valence-electron chi connectivity index (χ4n) is 1.45. The lowest BCUT2D eigenvalue weighted by molar-refractivity contribution is -0.145. The van der Waals surface area contributed by atoms with Gasteiger partial charge >= 0.3 is 5.97 Å². The van der Waals surface area contributed by atoms with Crippen molar-refractivity contribution in [2.45, 2.75) is 20.8 Å². The van der Waals surface area contributed by atoms with E-state index in [1.54, 1.807) is 32.9 Å². The lowest BCUT2D eigenvalue weighted by atomic mass is 10.1. The molecule has 1 rings (SSSR count). The molecule has 1 aromatic carbocycles. The Kier molecular flexibility index (Phi) is 7.85. The molecular weight excluding hydrogens is 343 g/mol. The molecule has 0 radical (unpaired) electrons. The number of nitrogens with zero attached hydrogens (tertiary/aromatic N) is 1. The molecule has 0 bridgehead atoms. The summed E-state index contributed by atoms with van der Waals surface area (Å²) in [5, 5.41) is 4.64. The fraction of sp³-hybridized carbons (Fsp3) is 0.400. The Hall–Kier alpha value is -1.79. The second-order valence-electron chi connectivity index (χ2n) is 4.63. The largest absolute Gasteiger partial charge is 0.482 e. The van der Waals surface area contributed by atoms with Crippen molar-refractivity contribution in [3.8, 4) is 5.75 Å². The summed E-state index contributed by atoms with van der Waals surface area (Å²) in [4.78, 5) is 23.2. The van der Waals surface area contributed by atoms with Crippen LogP contribution in [0.2, 0.25) is 10.0 Å². The minimum absolute atomic E-state index is 0.272. The van der Waals surface area contributed by atoms with Gasteiger partial charge in [-0.2, -0.15) is 5.10 Å². The molecule has 0 unspecified atom stereocenters. The third-order valence-electron chi connectivity index (χ3n) is 2.88. The van der Waals surface area contributed by atoms with Crippen LogP contribution in [0.4, 0.5) is 0 Å². The summed E-state index contributed by atoms with van der Waals surface area (Å²) in [5.74, 6) is -1.08. The smallest absolute Gasteiger partial charge is 0.314 e. The van der Waals surface area contributed by atoms with E-state index < -0.39 is 17.8 Å². The maximum Gasteiger partial charge on any atom is 0.314 e. The molecular formula is C15H18Cl2N2O4. The Morgan fingerprint density at radius 1 is 1.35 bits per heavy atom. The number of esters is 1.